The van der Waals surface area contributed by atoms with E-state index in [9.17, 15) is 14.4 Å². The maximum atomic E-state index is 11.8. The Labute approximate surface area is 119 Å². The van der Waals surface area contributed by atoms with E-state index in [-0.39, 0.29) is 25.0 Å². The van der Waals surface area contributed by atoms with Crippen LogP contribution in [-0.4, -0.2) is 53.1 Å². The molecule has 0 aliphatic heterocycles. The minimum Gasteiger partial charge on any atom is -0.481 e. The summed E-state index contributed by atoms with van der Waals surface area (Å²) in [5.74, 6) is -1.36. The number of carboxylic acid groups (broad SMARTS) is 1. The Hall–Kier alpha value is -1.63. The molecular weight excluding hydrogens is 262 g/mol. The number of carbonyl (C=O) groups is 3. The highest BCUT2D eigenvalue weighted by Gasteiger charge is 2.24. The van der Waals surface area contributed by atoms with Crippen LogP contribution in [0.25, 0.3) is 0 Å². The van der Waals surface area contributed by atoms with Crippen LogP contribution in [0.5, 0.6) is 0 Å². The second-order valence-electron chi connectivity index (χ2n) is 5.54. The SMILES string of the molecule is CCCNC(=O)NC(=O)CN(CCC(=O)O)C(C)(C)C. The van der Waals surface area contributed by atoms with Crippen LogP contribution in [0.2, 0.25) is 0 Å². The smallest absolute Gasteiger partial charge is 0.321 e. The topological polar surface area (TPSA) is 98.7 Å². The molecule has 0 bridgehead atoms. The molecule has 0 aliphatic carbocycles. The highest BCUT2D eigenvalue weighted by Crippen LogP contribution is 2.13. The van der Waals surface area contributed by atoms with Gasteiger partial charge in [0.1, 0.15) is 0 Å². The van der Waals surface area contributed by atoms with E-state index in [2.05, 4.69) is 10.6 Å². The van der Waals surface area contributed by atoms with Gasteiger partial charge >= 0.3 is 12.0 Å². The van der Waals surface area contributed by atoms with Crippen molar-refractivity contribution in [3.63, 3.8) is 0 Å². The zero-order chi connectivity index (χ0) is 15.8. The van der Waals surface area contributed by atoms with Gasteiger partial charge in [-0.3, -0.25) is 19.8 Å². The van der Waals surface area contributed by atoms with Crippen molar-refractivity contribution in [1.82, 2.24) is 15.5 Å². The second kappa shape index (κ2) is 8.52. The van der Waals surface area contributed by atoms with Gasteiger partial charge in [0.15, 0.2) is 0 Å². The first-order chi connectivity index (χ1) is 9.16. The highest BCUT2D eigenvalue weighted by molar-refractivity contribution is 5.95. The van der Waals surface area contributed by atoms with E-state index in [1.54, 1.807) is 4.90 Å². The Morgan fingerprint density at radius 3 is 2.25 bits per heavy atom. The summed E-state index contributed by atoms with van der Waals surface area (Å²) < 4.78 is 0. The Balaban J connectivity index is 4.39. The molecule has 0 spiro atoms. The molecule has 0 atom stereocenters. The van der Waals surface area contributed by atoms with Crippen LogP contribution in [0.15, 0.2) is 0 Å². The maximum Gasteiger partial charge on any atom is 0.321 e. The molecule has 0 saturated carbocycles. The molecule has 0 aromatic carbocycles. The van der Waals surface area contributed by atoms with Crippen LogP contribution in [-0.2, 0) is 9.59 Å². The largest absolute Gasteiger partial charge is 0.481 e. The van der Waals surface area contributed by atoms with Crippen molar-refractivity contribution in [3.8, 4) is 0 Å². The van der Waals surface area contributed by atoms with Gasteiger partial charge in [-0.1, -0.05) is 6.92 Å². The summed E-state index contributed by atoms with van der Waals surface area (Å²) in [6.45, 7) is 8.31. The van der Waals surface area contributed by atoms with E-state index in [4.69, 9.17) is 5.11 Å². The Morgan fingerprint density at radius 1 is 1.20 bits per heavy atom. The predicted octanol–water partition coefficient (Wildman–Crippen LogP) is 0.797. The molecule has 7 heteroatoms. The highest BCUT2D eigenvalue weighted by atomic mass is 16.4. The zero-order valence-electron chi connectivity index (χ0n) is 12.7. The van der Waals surface area contributed by atoms with Gasteiger partial charge in [-0.15, -0.1) is 0 Å². The first kappa shape index (κ1) is 18.4. The molecule has 0 aliphatic rings. The van der Waals surface area contributed by atoms with E-state index < -0.39 is 17.9 Å². The van der Waals surface area contributed by atoms with Crippen molar-refractivity contribution >= 4 is 17.9 Å². The maximum absolute atomic E-state index is 11.8. The number of urea groups is 1. The van der Waals surface area contributed by atoms with Gasteiger partial charge in [0.05, 0.1) is 13.0 Å². The fourth-order valence-electron chi connectivity index (χ4n) is 1.50. The van der Waals surface area contributed by atoms with Crippen LogP contribution in [0.4, 0.5) is 4.79 Å². The molecule has 0 unspecified atom stereocenters. The number of hydrogen-bond acceptors (Lipinski definition) is 4. The van der Waals surface area contributed by atoms with Crippen LogP contribution < -0.4 is 10.6 Å². The number of carboxylic acids is 1. The summed E-state index contributed by atoms with van der Waals surface area (Å²) in [4.78, 5) is 35.5. The third kappa shape index (κ3) is 8.47. The van der Waals surface area contributed by atoms with Crippen LogP contribution >= 0.6 is 0 Å². The average Bonchev–Trinajstić information content (AvgIpc) is 2.30. The number of carbonyl (C=O) groups excluding carboxylic acids is 2. The first-order valence-electron chi connectivity index (χ1n) is 6.71. The van der Waals surface area contributed by atoms with Crippen molar-refractivity contribution in [1.29, 1.82) is 0 Å². The van der Waals surface area contributed by atoms with Crippen molar-refractivity contribution in [3.05, 3.63) is 0 Å². The van der Waals surface area contributed by atoms with Gasteiger partial charge in [0.25, 0.3) is 0 Å². The molecule has 116 valence electrons. The molecule has 20 heavy (non-hydrogen) atoms. The predicted molar refractivity (Wildman–Crippen MR) is 75.4 cm³/mol. The third-order valence-electron chi connectivity index (χ3n) is 2.67. The summed E-state index contributed by atoms with van der Waals surface area (Å²) in [7, 11) is 0. The van der Waals surface area contributed by atoms with E-state index in [1.807, 2.05) is 27.7 Å². The Morgan fingerprint density at radius 2 is 1.80 bits per heavy atom. The summed E-state index contributed by atoms with van der Waals surface area (Å²) in [5.41, 5.74) is -0.354. The molecule has 0 radical (unpaired) electrons. The summed E-state index contributed by atoms with van der Waals surface area (Å²) in [6, 6.07) is -0.524. The molecule has 0 aromatic rings. The lowest BCUT2D eigenvalue weighted by atomic mass is 10.1. The lowest BCUT2D eigenvalue weighted by Gasteiger charge is -2.34. The molecular formula is C13H25N3O4. The number of nitrogens with one attached hydrogen (secondary N) is 2. The summed E-state index contributed by atoms with van der Waals surface area (Å²) >= 11 is 0. The quantitative estimate of drug-likeness (QED) is 0.643. The average molecular weight is 287 g/mol. The fourth-order valence-corrected chi connectivity index (χ4v) is 1.50. The summed E-state index contributed by atoms with van der Waals surface area (Å²) in [6.07, 6.45) is 0.737. The van der Waals surface area contributed by atoms with Crippen molar-refractivity contribution in [2.24, 2.45) is 0 Å². The zero-order valence-corrected chi connectivity index (χ0v) is 12.7. The van der Waals surface area contributed by atoms with Crippen molar-refractivity contribution in [2.75, 3.05) is 19.6 Å². The number of hydrogen-bond donors (Lipinski definition) is 3. The van der Waals surface area contributed by atoms with Crippen LogP contribution in [0.3, 0.4) is 0 Å². The number of aliphatic carboxylic acids is 1. The van der Waals surface area contributed by atoms with Crippen LogP contribution in [0.1, 0.15) is 40.5 Å². The number of amides is 3. The van der Waals surface area contributed by atoms with Gasteiger partial charge in [0.2, 0.25) is 5.91 Å². The second-order valence-corrected chi connectivity index (χ2v) is 5.54. The lowest BCUT2D eigenvalue weighted by molar-refractivity contribution is -0.138. The molecule has 0 rings (SSSR count). The van der Waals surface area contributed by atoms with E-state index in [0.717, 1.165) is 6.42 Å². The fraction of sp³-hybridized carbons (Fsp3) is 0.769. The number of imide groups is 1. The van der Waals surface area contributed by atoms with Gasteiger partial charge in [-0.05, 0) is 27.2 Å². The molecule has 0 fully saturated rings. The van der Waals surface area contributed by atoms with Crippen molar-refractivity contribution in [2.45, 2.75) is 46.1 Å². The van der Waals surface area contributed by atoms with Gasteiger partial charge < -0.3 is 10.4 Å². The molecule has 7 nitrogen and oxygen atoms in total. The normalized spacial score (nSPS) is 11.2. The third-order valence-corrected chi connectivity index (χ3v) is 2.67. The molecule has 0 heterocycles. The van der Waals surface area contributed by atoms with Crippen molar-refractivity contribution < 1.29 is 19.5 Å². The van der Waals surface area contributed by atoms with E-state index in [1.165, 1.54) is 0 Å². The van der Waals surface area contributed by atoms with E-state index >= 15 is 0 Å². The number of rotatable bonds is 7. The lowest BCUT2D eigenvalue weighted by Crippen LogP contribution is -2.50. The molecule has 0 saturated heterocycles. The number of nitrogens with zero attached hydrogens (tertiary/aromatic N) is 1. The van der Waals surface area contributed by atoms with E-state index in [0.29, 0.717) is 6.54 Å². The minimum absolute atomic E-state index is 0.0175. The Bertz CT molecular complexity index is 350. The standard InChI is InChI=1S/C13H25N3O4/c1-5-7-14-12(20)15-10(17)9-16(13(2,3)4)8-6-11(18)19/h5-9H2,1-4H3,(H,18,19)(H2,14,15,17,20). The van der Waals surface area contributed by atoms with Crippen LogP contribution in [0, 0.1) is 0 Å². The minimum atomic E-state index is -0.916. The molecule has 3 amide bonds. The monoisotopic (exact) mass is 287 g/mol. The first-order valence-corrected chi connectivity index (χ1v) is 6.71. The summed E-state index contributed by atoms with van der Waals surface area (Å²) in [5, 5.41) is 13.5. The molecule has 0 aromatic heterocycles. The van der Waals surface area contributed by atoms with Gasteiger partial charge in [-0.2, -0.15) is 0 Å². The van der Waals surface area contributed by atoms with Gasteiger partial charge in [0, 0.05) is 18.6 Å². The molecule has 3 N–H and O–H groups in total. The van der Waals surface area contributed by atoms with Gasteiger partial charge in [-0.25, -0.2) is 4.79 Å². The Kier molecular flexibility index (Phi) is 7.83.